The molecule has 0 saturated carbocycles. The number of amides is 1. The third-order valence-electron chi connectivity index (χ3n) is 6.73. The van der Waals surface area contributed by atoms with E-state index in [0.717, 1.165) is 46.1 Å². The van der Waals surface area contributed by atoms with Crippen LogP contribution in [0.4, 0.5) is 5.13 Å². The summed E-state index contributed by atoms with van der Waals surface area (Å²) in [7, 11) is -3.93. The number of ether oxygens (including phenoxy) is 1. The van der Waals surface area contributed by atoms with Crippen LogP contribution in [-0.2, 0) is 14.8 Å². The Kier molecular flexibility index (Phi) is 10.2. The zero-order valence-electron chi connectivity index (χ0n) is 22.5. The smallest absolute Gasteiger partial charge is 0.260 e. The molecule has 0 bridgehead atoms. The lowest BCUT2D eigenvalue weighted by atomic mass is 10.2. The molecular weight excluding hydrogens is 548 g/mol. The van der Waals surface area contributed by atoms with Crippen molar-refractivity contribution in [2.45, 2.75) is 31.1 Å². The van der Waals surface area contributed by atoms with E-state index in [4.69, 9.17) is 20.2 Å². The molecule has 1 aromatic heterocycles. The second kappa shape index (κ2) is 13.8. The summed E-state index contributed by atoms with van der Waals surface area (Å²) in [5.74, 6) is -0.256. The van der Waals surface area contributed by atoms with E-state index in [9.17, 15) is 13.2 Å². The maximum atomic E-state index is 13.8. The summed E-state index contributed by atoms with van der Waals surface area (Å²) in [4.78, 5) is 22.6. The van der Waals surface area contributed by atoms with Gasteiger partial charge in [-0.25, -0.2) is 13.4 Å². The number of anilines is 1. The van der Waals surface area contributed by atoms with Crippen LogP contribution in [0.2, 0.25) is 0 Å². The molecule has 0 radical (unpaired) electrons. The number of carbonyl (C=O) groups is 1. The van der Waals surface area contributed by atoms with Crippen LogP contribution in [0.3, 0.4) is 0 Å². The highest BCUT2D eigenvalue weighted by Crippen LogP contribution is 2.32. The third kappa shape index (κ3) is 7.02. The summed E-state index contributed by atoms with van der Waals surface area (Å²) >= 11 is 1.46. The number of fused-ring (bicyclic) bond motifs is 1. The molecule has 0 N–H and O–H groups in total. The molecule has 0 aliphatic carbocycles. The zero-order valence-corrected chi connectivity index (χ0v) is 24.1. The molecule has 0 unspecified atom stereocenters. The first-order valence-electron chi connectivity index (χ1n) is 13.2. The number of benzene rings is 2. The molecule has 40 heavy (non-hydrogen) atoms. The van der Waals surface area contributed by atoms with E-state index in [2.05, 4.69) is 4.90 Å². The number of sulfonamides is 1. The Morgan fingerprint density at radius 1 is 1.05 bits per heavy atom. The van der Waals surface area contributed by atoms with Crippen molar-refractivity contribution in [3.63, 3.8) is 0 Å². The molecule has 12 heteroatoms. The molecule has 0 atom stereocenters. The van der Waals surface area contributed by atoms with Gasteiger partial charge >= 0.3 is 0 Å². The summed E-state index contributed by atoms with van der Waals surface area (Å²) in [6, 6.07) is 15.7. The fraction of sp³-hybridized carbons (Fsp3) is 0.429. The van der Waals surface area contributed by atoms with Crippen LogP contribution >= 0.6 is 11.3 Å². The molecule has 10 nitrogen and oxygen atoms in total. The molecule has 4 rings (SSSR count). The van der Waals surface area contributed by atoms with Crippen molar-refractivity contribution in [1.29, 1.82) is 10.5 Å². The van der Waals surface area contributed by atoms with Crippen molar-refractivity contribution >= 4 is 42.6 Å². The van der Waals surface area contributed by atoms with Crippen molar-refractivity contribution in [1.82, 2.24) is 14.2 Å². The fourth-order valence-corrected chi connectivity index (χ4v) is 7.04. The minimum absolute atomic E-state index is 0.00482. The van der Waals surface area contributed by atoms with E-state index in [-0.39, 0.29) is 36.7 Å². The number of thiazole rings is 1. The molecule has 2 heterocycles. The lowest BCUT2D eigenvalue weighted by Gasteiger charge is -2.27. The number of nitrogens with zero attached hydrogens (tertiary/aromatic N) is 6. The van der Waals surface area contributed by atoms with Gasteiger partial charge in [-0.15, -0.1) is 0 Å². The lowest BCUT2D eigenvalue weighted by molar-refractivity contribution is 0.0376. The van der Waals surface area contributed by atoms with Gasteiger partial charge < -0.3 is 4.74 Å². The topological polar surface area (TPSA) is 131 Å². The Bertz CT molecular complexity index is 1480. The summed E-state index contributed by atoms with van der Waals surface area (Å²) in [6.07, 6.45) is 0.782. The minimum atomic E-state index is -3.93. The maximum absolute atomic E-state index is 13.8. The van der Waals surface area contributed by atoms with Crippen LogP contribution in [0, 0.1) is 29.6 Å². The summed E-state index contributed by atoms with van der Waals surface area (Å²) in [5.41, 5.74) is 2.25. The quantitative estimate of drug-likeness (QED) is 0.316. The Labute approximate surface area is 239 Å². The molecule has 0 spiro atoms. The molecule has 1 aliphatic rings. The monoisotopic (exact) mass is 580 g/mol. The summed E-state index contributed by atoms with van der Waals surface area (Å²) < 4.78 is 34.0. The Morgan fingerprint density at radius 2 is 1.73 bits per heavy atom. The summed E-state index contributed by atoms with van der Waals surface area (Å²) in [6.45, 7) is 6.42. The Morgan fingerprint density at radius 3 is 2.35 bits per heavy atom. The van der Waals surface area contributed by atoms with Gasteiger partial charge in [-0.3, -0.25) is 14.6 Å². The van der Waals surface area contributed by atoms with Gasteiger partial charge in [-0.05, 0) is 49.2 Å². The molecule has 1 aliphatic heterocycles. The van der Waals surface area contributed by atoms with E-state index >= 15 is 0 Å². The van der Waals surface area contributed by atoms with Crippen LogP contribution in [0.15, 0.2) is 47.4 Å². The number of rotatable bonds is 12. The molecule has 210 valence electrons. The first kappa shape index (κ1) is 29.6. The van der Waals surface area contributed by atoms with Gasteiger partial charge in [-0.2, -0.15) is 14.8 Å². The van der Waals surface area contributed by atoms with Gasteiger partial charge in [0.15, 0.2) is 5.13 Å². The van der Waals surface area contributed by atoms with Crippen LogP contribution < -0.4 is 4.90 Å². The second-order valence-corrected chi connectivity index (χ2v) is 12.4. The molecule has 3 aromatic rings. The predicted octanol–water partition coefficient (Wildman–Crippen LogP) is 3.79. The van der Waals surface area contributed by atoms with Gasteiger partial charge in [0.2, 0.25) is 10.0 Å². The van der Waals surface area contributed by atoms with E-state index in [0.29, 0.717) is 30.5 Å². The highest BCUT2D eigenvalue weighted by atomic mass is 32.2. The molecule has 1 amide bonds. The largest absolute Gasteiger partial charge is 0.379 e. The van der Waals surface area contributed by atoms with Crippen LogP contribution in [0.1, 0.15) is 35.2 Å². The minimum Gasteiger partial charge on any atom is -0.379 e. The molecule has 2 aromatic carbocycles. The maximum Gasteiger partial charge on any atom is 0.260 e. The van der Waals surface area contributed by atoms with Gasteiger partial charge in [0, 0.05) is 57.7 Å². The molecule has 1 saturated heterocycles. The van der Waals surface area contributed by atoms with E-state index in [1.54, 1.807) is 4.90 Å². The van der Waals surface area contributed by atoms with Gasteiger partial charge in [0.1, 0.15) is 0 Å². The van der Waals surface area contributed by atoms with E-state index in [1.165, 1.54) is 35.6 Å². The average Bonchev–Trinajstić information content (AvgIpc) is 3.41. The van der Waals surface area contributed by atoms with Gasteiger partial charge in [0.05, 0.1) is 40.5 Å². The van der Waals surface area contributed by atoms with Crippen molar-refractivity contribution in [2.75, 3.05) is 57.4 Å². The van der Waals surface area contributed by atoms with Gasteiger partial charge in [-0.1, -0.05) is 23.5 Å². The number of aromatic nitrogens is 1. The standard InChI is InChI=1S/C28H32N6O4S2/c1-22-6-2-7-25-26(22)31-28(39-25)34(17-5-14-32-18-20-38-21-19-32)27(35)23-8-10-24(11-9-23)40(36,37)33(15-3-12-29)16-4-13-30/h2,6-11H,3-5,14-21H2,1H3. The SMILES string of the molecule is Cc1cccc2sc(N(CCCN3CCOCC3)C(=O)c3ccc(S(=O)(=O)N(CCC#N)CCC#N)cc3)nc12. The second-order valence-electron chi connectivity index (χ2n) is 9.43. The number of hydrogen-bond acceptors (Lipinski definition) is 9. The van der Waals surface area contributed by atoms with Crippen molar-refractivity contribution in [2.24, 2.45) is 0 Å². The Balaban J connectivity index is 1.57. The fourth-order valence-electron chi connectivity index (χ4n) is 4.53. The van der Waals surface area contributed by atoms with Crippen LogP contribution in [-0.4, -0.2) is 81.0 Å². The first-order chi connectivity index (χ1) is 19.3. The summed E-state index contributed by atoms with van der Waals surface area (Å²) in [5, 5.41) is 18.5. The van der Waals surface area contributed by atoms with Crippen molar-refractivity contribution in [3.05, 3.63) is 53.6 Å². The number of hydrogen-bond donors (Lipinski definition) is 0. The van der Waals surface area contributed by atoms with Crippen LogP contribution in [0.5, 0.6) is 0 Å². The lowest BCUT2D eigenvalue weighted by Crippen LogP contribution is -2.39. The number of morpholine rings is 1. The van der Waals surface area contributed by atoms with Crippen molar-refractivity contribution in [3.8, 4) is 12.1 Å². The molecule has 1 fully saturated rings. The van der Waals surface area contributed by atoms with E-state index < -0.39 is 10.0 Å². The highest BCUT2D eigenvalue weighted by Gasteiger charge is 2.26. The third-order valence-corrected chi connectivity index (χ3v) is 9.69. The Hall–Kier alpha value is -3.39. The average molecular weight is 581 g/mol. The van der Waals surface area contributed by atoms with Crippen molar-refractivity contribution < 1.29 is 17.9 Å². The number of carbonyl (C=O) groups excluding carboxylic acids is 1. The number of para-hydroxylation sites is 1. The van der Waals surface area contributed by atoms with E-state index in [1.807, 2.05) is 37.3 Å². The normalized spacial score (nSPS) is 14.2. The molecular formula is C28H32N6O4S2. The van der Waals surface area contributed by atoms with Crippen LogP contribution in [0.25, 0.3) is 10.2 Å². The predicted molar refractivity (Wildman–Crippen MR) is 154 cm³/mol. The first-order valence-corrected chi connectivity index (χ1v) is 15.4. The number of nitriles is 2. The highest BCUT2D eigenvalue weighted by molar-refractivity contribution is 7.89. The van der Waals surface area contributed by atoms with Gasteiger partial charge in [0.25, 0.3) is 5.91 Å². The number of aryl methyl sites for hydroxylation is 1. The zero-order chi connectivity index (χ0) is 28.5.